The minimum Gasteiger partial charge on any atom is -0.481 e. The predicted molar refractivity (Wildman–Crippen MR) is 82.4 cm³/mol. The van der Waals surface area contributed by atoms with Gasteiger partial charge in [-0.25, -0.2) is 9.67 Å². The Morgan fingerprint density at radius 1 is 1.48 bits per heavy atom. The fourth-order valence-electron chi connectivity index (χ4n) is 1.66. The van der Waals surface area contributed by atoms with Gasteiger partial charge in [0.25, 0.3) is 0 Å². The number of hydrogen-bond donors (Lipinski definition) is 1. The highest BCUT2D eigenvalue weighted by molar-refractivity contribution is 6.07. The molecule has 0 unspecified atom stereocenters. The van der Waals surface area contributed by atoms with Crippen LogP contribution in [0.25, 0.3) is 6.20 Å². The molecule has 1 aromatic rings. The molecule has 1 aromatic heterocycles. The molecule has 0 spiro atoms. The number of allylic oxidation sites excluding steroid dienone is 1. The minimum atomic E-state index is -0.973. The van der Waals surface area contributed by atoms with Crippen molar-refractivity contribution in [1.29, 1.82) is 0 Å². The molecule has 1 rings (SSSR count). The van der Waals surface area contributed by atoms with E-state index in [0.29, 0.717) is 17.0 Å². The fourth-order valence-corrected chi connectivity index (χ4v) is 1.66. The van der Waals surface area contributed by atoms with Crippen LogP contribution in [-0.4, -0.2) is 26.6 Å². The Bertz CT molecular complexity index is 639. The lowest BCUT2D eigenvalue weighted by molar-refractivity contribution is -0.136. The molecule has 0 aliphatic rings. The first-order valence-electron chi connectivity index (χ1n) is 6.04. The number of carboxylic acids is 1. The van der Waals surface area contributed by atoms with Crippen molar-refractivity contribution in [1.82, 2.24) is 9.78 Å². The first-order chi connectivity index (χ1) is 9.94. The van der Waals surface area contributed by atoms with E-state index in [-0.39, 0.29) is 18.0 Å². The molecule has 0 aliphatic heterocycles. The summed E-state index contributed by atoms with van der Waals surface area (Å²) in [6.07, 6.45) is 3.94. The summed E-state index contributed by atoms with van der Waals surface area (Å²) >= 11 is 0. The zero-order valence-electron chi connectivity index (χ0n) is 11.9. The van der Waals surface area contributed by atoms with Crippen molar-refractivity contribution in [3.05, 3.63) is 55.7 Å². The molecule has 1 heterocycles. The topological polar surface area (TPSA) is 76.7 Å². The SMILES string of the molecule is C=COC(=C)/C(C=C)=N/c1nn(C=C)c(C)c1CC(=O)O. The Labute approximate surface area is 123 Å². The summed E-state index contributed by atoms with van der Waals surface area (Å²) in [4.78, 5) is 15.2. The van der Waals surface area contributed by atoms with E-state index in [1.54, 1.807) is 6.92 Å². The Morgan fingerprint density at radius 3 is 2.62 bits per heavy atom. The third kappa shape index (κ3) is 3.79. The number of rotatable bonds is 8. The normalized spacial score (nSPS) is 10.8. The van der Waals surface area contributed by atoms with Crippen molar-refractivity contribution in [3.63, 3.8) is 0 Å². The van der Waals surface area contributed by atoms with Crippen LogP contribution < -0.4 is 0 Å². The van der Waals surface area contributed by atoms with E-state index in [9.17, 15) is 4.79 Å². The van der Waals surface area contributed by atoms with Gasteiger partial charge in [-0.1, -0.05) is 26.3 Å². The van der Waals surface area contributed by atoms with E-state index in [0.717, 1.165) is 0 Å². The van der Waals surface area contributed by atoms with E-state index in [4.69, 9.17) is 9.84 Å². The summed E-state index contributed by atoms with van der Waals surface area (Å²) in [5.41, 5.74) is 1.49. The molecule has 0 aromatic carbocycles. The third-order valence-electron chi connectivity index (χ3n) is 2.68. The van der Waals surface area contributed by atoms with Crippen molar-refractivity contribution >= 4 is 23.7 Å². The van der Waals surface area contributed by atoms with Gasteiger partial charge in [-0.15, -0.1) is 5.10 Å². The molecule has 0 bridgehead atoms. The van der Waals surface area contributed by atoms with Crippen molar-refractivity contribution in [2.75, 3.05) is 0 Å². The number of nitrogens with zero attached hydrogens (tertiary/aromatic N) is 3. The van der Waals surface area contributed by atoms with Gasteiger partial charge < -0.3 is 9.84 Å². The number of carbonyl (C=O) groups is 1. The van der Waals surface area contributed by atoms with Gasteiger partial charge in [-0.05, 0) is 13.0 Å². The zero-order valence-corrected chi connectivity index (χ0v) is 11.9. The van der Waals surface area contributed by atoms with Gasteiger partial charge >= 0.3 is 5.97 Å². The number of aliphatic carboxylic acids is 1. The highest BCUT2D eigenvalue weighted by Gasteiger charge is 2.17. The first kappa shape index (κ1) is 16.2. The van der Waals surface area contributed by atoms with E-state index in [1.165, 1.54) is 23.2 Å². The zero-order chi connectivity index (χ0) is 16.0. The number of ether oxygens (including phenoxy) is 1. The number of carboxylic acid groups (broad SMARTS) is 1. The molecule has 6 heteroatoms. The quantitative estimate of drug-likeness (QED) is 0.589. The second kappa shape index (κ2) is 7.04. The molecular weight excluding hydrogens is 270 g/mol. The van der Waals surface area contributed by atoms with Crippen molar-refractivity contribution in [2.24, 2.45) is 4.99 Å². The lowest BCUT2D eigenvalue weighted by Gasteiger charge is -2.04. The molecule has 110 valence electrons. The number of aromatic nitrogens is 2. The van der Waals surface area contributed by atoms with Crippen LogP contribution in [0.2, 0.25) is 0 Å². The lowest BCUT2D eigenvalue weighted by Crippen LogP contribution is -2.03. The fraction of sp³-hybridized carbons (Fsp3) is 0.133. The molecule has 21 heavy (non-hydrogen) atoms. The minimum absolute atomic E-state index is 0.197. The number of aliphatic imine (C=N–C) groups is 1. The second-order valence-corrected chi connectivity index (χ2v) is 3.99. The predicted octanol–water partition coefficient (Wildman–Crippen LogP) is 2.85. The molecular formula is C15H17N3O3. The smallest absolute Gasteiger partial charge is 0.308 e. The molecule has 0 aliphatic carbocycles. The van der Waals surface area contributed by atoms with Gasteiger partial charge in [0.15, 0.2) is 5.82 Å². The summed E-state index contributed by atoms with van der Waals surface area (Å²) in [6, 6.07) is 0. The van der Waals surface area contributed by atoms with E-state index in [2.05, 4.69) is 36.4 Å². The van der Waals surface area contributed by atoms with Gasteiger partial charge in [-0.2, -0.15) is 0 Å². The van der Waals surface area contributed by atoms with Gasteiger partial charge in [0, 0.05) is 17.5 Å². The Hall–Kier alpha value is -2.89. The lowest BCUT2D eigenvalue weighted by atomic mass is 10.1. The highest BCUT2D eigenvalue weighted by atomic mass is 16.5. The first-order valence-corrected chi connectivity index (χ1v) is 6.04. The molecule has 0 fully saturated rings. The van der Waals surface area contributed by atoms with Crippen LogP contribution >= 0.6 is 0 Å². The molecule has 0 radical (unpaired) electrons. The van der Waals surface area contributed by atoms with Crippen LogP contribution in [0, 0.1) is 6.92 Å². The van der Waals surface area contributed by atoms with Crippen molar-refractivity contribution < 1.29 is 14.6 Å². The Balaban J connectivity index is 3.36. The maximum absolute atomic E-state index is 11.0. The monoisotopic (exact) mass is 287 g/mol. The van der Waals surface area contributed by atoms with E-state index < -0.39 is 5.97 Å². The van der Waals surface area contributed by atoms with Crippen LogP contribution in [-0.2, 0) is 16.0 Å². The maximum atomic E-state index is 11.0. The van der Waals surface area contributed by atoms with Crippen molar-refractivity contribution in [3.8, 4) is 0 Å². The summed E-state index contributed by atoms with van der Waals surface area (Å²) in [5.74, 6) is -0.468. The highest BCUT2D eigenvalue weighted by Crippen LogP contribution is 2.24. The van der Waals surface area contributed by atoms with Crippen LogP contribution in [0.5, 0.6) is 0 Å². The molecule has 0 amide bonds. The van der Waals surface area contributed by atoms with Gasteiger partial charge in [0.1, 0.15) is 11.5 Å². The van der Waals surface area contributed by atoms with E-state index >= 15 is 0 Å². The summed E-state index contributed by atoms with van der Waals surface area (Å²) < 4.78 is 6.51. The van der Waals surface area contributed by atoms with Crippen molar-refractivity contribution in [2.45, 2.75) is 13.3 Å². The number of hydrogen-bond acceptors (Lipinski definition) is 4. The average molecular weight is 287 g/mol. The Morgan fingerprint density at radius 2 is 2.14 bits per heavy atom. The average Bonchev–Trinajstić information content (AvgIpc) is 2.72. The summed E-state index contributed by atoms with van der Waals surface area (Å²) in [5, 5.41) is 13.2. The molecule has 1 N–H and O–H groups in total. The summed E-state index contributed by atoms with van der Waals surface area (Å²) in [7, 11) is 0. The standard InChI is InChI=1S/C15H17N3O3/c1-6-13(11(5)21-8-3)16-15-12(9-14(19)20)10(4)18(7-2)17-15/h6-8H,1-3,5,9H2,4H3,(H,19,20)/b16-13+. The second-order valence-electron chi connectivity index (χ2n) is 3.99. The van der Waals surface area contributed by atoms with Gasteiger partial charge in [0.2, 0.25) is 0 Å². The third-order valence-corrected chi connectivity index (χ3v) is 2.68. The molecule has 6 nitrogen and oxygen atoms in total. The van der Waals surface area contributed by atoms with Crippen LogP contribution in [0.4, 0.5) is 5.82 Å². The largest absolute Gasteiger partial charge is 0.481 e. The van der Waals surface area contributed by atoms with E-state index in [1.807, 2.05) is 0 Å². The summed E-state index contributed by atoms with van der Waals surface area (Å²) in [6.45, 7) is 16.1. The van der Waals surface area contributed by atoms with Crippen LogP contribution in [0.15, 0.2) is 49.4 Å². The van der Waals surface area contributed by atoms with Gasteiger partial charge in [-0.3, -0.25) is 4.79 Å². The molecule has 0 saturated carbocycles. The molecule has 0 saturated heterocycles. The Kier molecular flexibility index (Phi) is 5.42. The molecule has 0 atom stereocenters. The van der Waals surface area contributed by atoms with Gasteiger partial charge in [0.05, 0.1) is 12.7 Å². The van der Waals surface area contributed by atoms with Crippen LogP contribution in [0.3, 0.4) is 0 Å². The van der Waals surface area contributed by atoms with Crippen LogP contribution in [0.1, 0.15) is 11.3 Å². The maximum Gasteiger partial charge on any atom is 0.308 e.